The lowest BCUT2D eigenvalue weighted by Gasteiger charge is -2.14. The Morgan fingerprint density at radius 2 is 1.96 bits per heavy atom. The number of nitrogens with zero attached hydrogens (tertiary/aromatic N) is 2. The van der Waals surface area contributed by atoms with Gasteiger partial charge in [-0.1, -0.05) is 24.3 Å². The maximum absolute atomic E-state index is 11.9. The molecule has 1 heterocycles. The summed E-state index contributed by atoms with van der Waals surface area (Å²) in [5, 5.41) is 13.3. The van der Waals surface area contributed by atoms with Crippen molar-refractivity contribution in [1.82, 2.24) is 10.2 Å². The molecule has 0 atom stereocenters. The zero-order chi connectivity index (χ0) is 17.5. The van der Waals surface area contributed by atoms with E-state index >= 15 is 0 Å². The molecular formula is C17H19N3O4. The van der Waals surface area contributed by atoms with Crippen LogP contribution in [0.5, 0.6) is 0 Å². The van der Waals surface area contributed by atoms with E-state index in [1.807, 2.05) is 38.4 Å². The van der Waals surface area contributed by atoms with E-state index in [-0.39, 0.29) is 17.6 Å². The third kappa shape index (κ3) is 5.06. The molecule has 24 heavy (non-hydrogen) atoms. The quantitative estimate of drug-likeness (QED) is 0.479. The van der Waals surface area contributed by atoms with E-state index in [0.29, 0.717) is 6.54 Å². The van der Waals surface area contributed by atoms with Crippen LogP contribution >= 0.6 is 0 Å². The number of rotatable bonds is 7. The van der Waals surface area contributed by atoms with Crippen molar-refractivity contribution in [3.63, 3.8) is 0 Å². The van der Waals surface area contributed by atoms with Crippen molar-refractivity contribution in [1.29, 1.82) is 0 Å². The predicted molar refractivity (Wildman–Crippen MR) is 90.1 cm³/mol. The van der Waals surface area contributed by atoms with E-state index in [1.165, 1.54) is 24.3 Å². The minimum absolute atomic E-state index is 0.254. The fourth-order valence-electron chi connectivity index (χ4n) is 2.15. The first-order chi connectivity index (χ1) is 11.5. The van der Waals surface area contributed by atoms with Crippen LogP contribution < -0.4 is 5.32 Å². The fraction of sp³-hybridized carbons (Fsp3) is 0.235. The van der Waals surface area contributed by atoms with E-state index in [2.05, 4.69) is 10.2 Å². The summed E-state index contributed by atoms with van der Waals surface area (Å²) in [7, 11) is 3.97. The van der Waals surface area contributed by atoms with E-state index < -0.39 is 4.92 Å². The van der Waals surface area contributed by atoms with Gasteiger partial charge in [-0.15, -0.1) is 0 Å². The van der Waals surface area contributed by atoms with Crippen molar-refractivity contribution in [3.05, 3.63) is 69.5 Å². The maximum Gasteiger partial charge on any atom is 0.433 e. The molecule has 0 radical (unpaired) electrons. The van der Waals surface area contributed by atoms with Gasteiger partial charge in [0.25, 0.3) is 0 Å². The SMILES string of the molecule is CN(C)Cc1ccccc1CNC(=O)/C=C/c1ccc([N+](=O)[O-])o1. The number of amides is 1. The highest BCUT2D eigenvalue weighted by atomic mass is 16.6. The second-order valence-electron chi connectivity index (χ2n) is 5.49. The highest BCUT2D eigenvalue weighted by Crippen LogP contribution is 2.16. The van der Waals surface area contributed by atoms with Gasteiger partial charge in [0.1, 0.15) is 10.7 Å². The molecule has 0 aliphatic carbocycles. The lowest BCUT2D eigenvalue weighted by Crippen LogP contribution is -2.22. The molecule has 0 saturated heterocycles. The zero-order valence-electron chi connectivity index (χ0n) is 13.6. The van der Waals surface area contributed by atoms with Crippen molar-refractivity contribution in [2.75, 3.05) is 14.1 Å². The second-order valence-corrected chi connectivity index (χ2v) is 5.49. The minimum atomic E-state index is -0.626. The zero-order valence-corrected chi connectivity index (χ0v) is 13.6. The molecule has 1 N–H and O–H groups in total. The number of furan rings is 1. The van der Waals surface area contributed by atoms with E-state index in [1.54, 1.807) is 0 Å². The molecule has 0 aliphatic rings. The molecule has 2 aromatic rings. The van der Waals surface area contributed by atoms with Crippen molar-refractivity contribution in [2.45, 2.75) is 13.1 Å². The molecule has 1 amide bonds. The summed E-state index contributed by atoms with van der Waals surface area (Å²) in [4.78, 5) is 23.8. The number of nitro groups is 1. The Kier molecular flexibility index (Phi) is 5.86. The molecule has 0 spiro atoms. The predicted octanol–water partition coefficient (Wildman–Crippen LogP) is 2.58. The molecule has 0 unspecified atom stereocenters. The van der Waals surface area contributed by atoms with Gasteiger partial charge in [0.2, 0.25) is 5.91 Å². The van der Waals surface area contributed by atoms with Gasteiger partial charge in [0.15, 0.2) is 0 Å². The van der Waals surface area contributed by atoms with E-state index in [4.69, 9.17) is 4.42 Å². The fourth-order valence-corrected chi connectivity index (χ4v) is 2.15. The molecule has 7 heteroatoms. The van der Waals surface area contributed by atoms with Gasteiger partial charge in [-0.05, 0) is 37.4 Å². The number of carbonyl (C=O) groups is 1. The largest absolute Gasteiger partial charge is 0.433 e. The topological polar surface area (TPSA) is 88.6 Å². The lowest BCUT2D eigenvalue weighted by atomic mass is 10.1. The lowest BCUT2D eigenvalue weighted by molar-refractivity contribution is -0.402. The van der Waals surface area contributed by atoms with Crippen molar-refractivity contribution < 1.29 is 14.1 Å². The Bertz CT molecular complexity index is 750. The molecule has 1 aromatic carbocycles. The standard InChI is InChI=1S/C17H19N3O4/c1-19(2)12-14-6-4-3-5-13(14)11-18-16(21)9-7-15-8-10-17(24-15)20(22)23/h3-10H,11-12H2,1-2H3,(H,18,21)/b9-7+. The van der Waals surface area contributed by atoms with Gasteiger partial charge < -0.3 is 14.6 Å². The van der Waals surface area contributed by atoms with Crippen molar-refractivity contribution in [2.24, 2.45) is 0 Å². The Balaban J connectivity index is 1.93. The number of nitrogens with one attached hydrogen (secondary N) is 1. The van der Waals surface area contributed by atoms with E-state index in [0.717, 1.165) is 17.7 Å². The molecule has 7 nitrogen and oxygen atoms in total. The maximum atomic E-state index is 11.9. The van der Waals surface area contributed by atoms with Gasteiger partial charge in [-0.3, -0.25) is 14.9 Å². The van der Waals surface area contributed by atoms with Crippen LogP contribution in [0.25, 0.3) is 6.08 Å². The van der Waals surface area contributed by atoms with Crippen molar-refractivity contribution >= 4 is 17.9 Å². The van der Waals surface area contributed by atoms with Crippen molar-refractivity contribution in [3.8, 4) is 0 Å². The highest BCUT2D eigenvalue weighted by Gasteiger charge is 2.10. The molecule has 0 aliphatic heterocycles. The van der Waals surface area contributed by atoms with Gasteiger partial charge in [-0.2, -0.15) is 0 Å². The number of hydrogen-bond donors (Lipinski definition) is 1. The molecule has 0 bridgehead atoms. The summed E-state index contributed by atoms with van der Waals surface area (Å²) in [5.74, 6) is -0.397. The monoisotopic (exact) mass is 329 g/mol. The summed E-state index contributed by atoms with van der Waals surface area (Å²) in [6.07, 6.45) is 2.69. The van der Waals surface area contributed by atoms with Crippen LogP contribution in [0.4, 0.5) is 5.88 Å². The number of hydrogen-bond acceptors (Lipinski definition) is 5. The second kappa shape index (κ2) is 8.07. The summed E-state index contributed by atoms with van der Waals surface area (Å²) in [6.45, 7) is 1.20. The van der Waals surface area contributed by atoms with Gasteiger partial charge >= 0.3 is 5.88 Å². The highest BCUT2D eigenvalue weighted by molar-refractivity contribution is 5.91. The van der Waals surface area contributed by atoms with Gasteiger partial charge in [0, 0.05) is 19.2 Å². The molecule has 0 fully saturated rings. The average molecular weight is 329 g/mol. The average Bonchev–Trinajstić information content (AvgIpc) is 3.01. The summed E-state index contributed by atoms with van der Waals surface area (Å²) in [5.41, 5.74) is 2.19. The normalized spacial score (nSPS) is 11.1. The Morgan fingerprint density at radius 3 is 2.58 bits per heavy atom. The minimum Gasteiger partial charge on any atom is -0.401 e. The molecule has 126 valence electrons. The van der Waals surface area contributed by atoms with Crippen LogP contribution in [0.2, 0.25) is 0 Å². The number of carbonyl (C=O) groups excluding carboxylic acids is 1. The van der Waals surface area contributed by atoms with Crippen LogP contribution in [0.15, 0.2) is 46.9 Å². The summed E-state index contributed by atoms with van der Waals surface area (Å²) < 4.78 is 4.95. The van der Waals surface area contributed by atoms with Crippen LogP contribution in [0.3, 0.4) is 0 Å². The first kappa shape index (κ1) is 17.4. The molecular weight excluding hydrogens is 310 g/mol. The van der Waals surface area contributed by atoms with Gasteiger partial charge in [0.05, 0.1) is 6.07 Å². The Hall–Kier alpha value is -2.93. The summed E-state index contributed by atoms with van der Waals surface area (Å²) >= 11 is 0. The first-order valence-electron chi connectivity index (χ1n) is 7.37. The summed E-state index contributed by atoms with van der Waals surface area (Å²) in [6, 6.07) is 10.6. The smallest absolute Gasteiger partial charge is 0.401 e. The molecule has 1 aromatic heterocycles. The molecule has 0 saturated carbocycles. The Morgan fingerprint density at radius 1 is 1.25 bits per heavy atom. The third-order valence-corrected chi connectivity index (χ3v) is 3.25. The van der Waals surface area contributed by atoms with Crippen LogP contribution in [-0.2, 0) is 17.9 Å². The first-order valence-corrected chi connectivity index (χ1v) is 7.37. The third-order valence-electron chi connectivity index (χ3n) is 3.25. The van der Waals surface area contributed by atoms with Crippen LogP contribution in [0.1, 0.15) is 16.9 Å². The van der Waals surface area contributed by atoms with Crippen LogP contribution in [0, 0.1) is 10.1 Å². The number of benzene rings is 1. The Labute approximate surface area is 139 Å². The van der Waals surface area contributed by atoms with E-state index in [9.17, 15) is 14.9 Å². The molecule has 2 rings (SSSR count). The van der Waals surface area contributed by atoms with Crippen LogP contribution in [-0.4, -0.2) is 29.8 Å². The van der Waals surface area contributed by atoms with Gasteiger partial charge in [-0.25, -0.2) is 0 Å².